The van der Waals surface area contributed by atoms with E-state index in [1.807, 2.05) is 30.2 Å². The van der Waals surface area contributed by atoms with Gasteiger partial charge in [-0.25, -0.2) is 4.68 Å². The average Bonchev–Trinajstić information content (AvgIpc) is 3.20. The SMILES string of the molecule is CN1CC[C@@H](c2cc3c(cnn3-c3cnn(C)c3)cc2Cl)C[C@@H]1CO. The second-order valence-electron chi connectivity index (χ2n) is 6.90. The van der Waals surface area contributed by atoms with Crippen LogP contribution in [0.1, 0.15) is 24.3 Å². The van der Waals surface area contributed by atoms with Crippen molar-refractivity contribution in [3.8, 4) is 5.69 Å². The highest BCUT2D eigenvalue weighted by molar-refractivity contribution is 6.32. The lowest BCUT2D eigenvalue weighted by atomic mass is 9.85. The lowest BCUT2D eigenvalue weighted by Gasteiger charge is -2.36. The van der Waals surface area contributed by atoms with Gasteiger partial charge in [-0.05, 0) is 50.0 Å². The van der Waals surface area contributed by atoms with E-state index >= 15 is 0 Å². The highest BCUT2D eigenvalue weighted by Crippen LogP contribution is 2.37. The number of aliphatic hydroxyl groups excluding tert-OH is 1. The van der Waals surface area contributed by atoms with Crippen molar-refractivity contribution in [1.29, 1.82) is 0 Å². The molecule has 1 aromatic carbocycles. The highest BCUT2D eigenvalue weighted by Gasteiger charge is 2.28. The predicted octanol–water partition coefficient (Wildman–Crippen LogP) is 2.58. The Kier molecular flexibility index (Phi) is 4.27. The van der Waals surface area contributed by atoms with Crippen molar-refractivity contribution in [2.24, 2.45) is 7.05 Å². The van der Waals surface area contributed by atoms with Crippen LogP contribution in [0.5, 0.6) is 0 Å². The molecule has 1 saturated heterocycles. The zero-order valence-corrected chi connectivity index (χ0v) is 15.2. The number of aromatic nitrogens is 4. The molecule has 0 spiro atoms. The molecule has 132 valence electrons. The first kappa shape index (κ1) is 16.6. The van der Waals surface area contributed by atoms with Crippen LogP contribution in [0.15, 0.2) is 30.7 Å². The molecule has 1 aliphatic heterocycles. The predicted molar refractivity (Wildman–Crippen MR) is 98.3 cm³/mol. The summed E-state index contributed by atoms with van der Waals surface area (Å²) in [5.41, 5.74) is 3.11. The molecule has 1 aliphatic rings. The van der Waals surface area contributed by atoms with Gasteiger partial charge in [0.15, 0.2) is 0 Å². The Labute approximate surface area is 151 Å². The van der Waals surface area contributed by atoms with Gasteiger partial charge in [0, 0.05) is 23.5 Å². The van der Waals surface area contributed by atoms with Crippen LogP contribution < -0.4 is 0 Å². The molecule has 4 rings (SSSR count). The molecule has 2 atom stereocenters. The van der Waals surface area contributed by atoms with Crippen LogP contribution in [-0.4, -0.2) is 55.8 Å². The van der Waals surface area contributed by atoms with Crippen molar-refractivity contribution in [2.75, 3.05) is 20.2 Å². The Morgan fingerprint density at radius 2 is 2.08 bits per heavy atom. The number of likely N-dealkylation sites (tertiary alicyclic amines) is 1. The summed E-state index contributed by atoms with van der Waals surface area (Å²) in [5.74, 6) is 0.350. The summed E-state index contributed by atoms with van der Waals surface area (Å²) in [4.78, 5) is 2.23. The normalized spacial score (nSPS) is 21.9. The smallest absolute Gasteiger partial charge is 0.103 e. The van der Waals surface area contributed by atoms with E-state index in [9.17, 15) is 5.11 Å². The molecule has 0 aliphatic carbocycles. The highest BCUT2D eigenvalue weighted by atomic mass is 35.5. The number of rotatable bonds is 3. The Morgan fingerprint density at radius 3 is 2.80 bits per heavy atom. The van der Waals surface area contributed by atoms with Crippen LogP contribution in [0.4, 0.5) is 0 Å². The van der Waals surface area contributed by atoms with Gasteiger partial charge >= 0.3 is 0 Å². The summed E-state index contributed by atoms with van der Waals surface area (Å²) in [7, 11) is 3.96. The number of hydrogen-bond acceptors (Lipinski definition) is 4. The first-order chi connectivity index (χ1) is 12.1. The van der Waals surface area contributed by atoms with E-state index in [2.05, 4.69) is 28.2 Å². The minimum atomic E-state index is 0.181. The molecule has 2 aromatic heterocycles. The quantitative estimate of drug-likeness (QED) is 0.780. The van der Waals surface area contributed by atoms with Crippen molar-refractivity contribution < 1.29 is 5.11 Å². The summed E-state index contributed by atoms with van der Waals surface area (Å²) in [6, 6.07) is 4.34. The van der Waals surface area contributed by atoms with Gasteiger partial charge in [-0.1, -0.05) is 11.6 Å². The maximum absolute atomic E-state index is 9.63. The van der Waals surface area contributed by atoms with Crippen molar-refractivity contribution in [1.82, 2.24) is 24.5 Å². The van der Waals surface area contributed by atoms with Gasteiger partial charge in [0.25, 0.3) is 0 Å². The first-order valence-corrected chi connectivity index (χ1v) is 8.92. The Bertz CT molecular complexity index is 902. The minimum absolute atomic E-state index is 0.181. The fourth-order valence-corrected chi connectivity index (χ4v) is 4.09. The van der Waals surface area contributed by atoms with Gasteiger partial charge in [-0.3, -0.25) is 4.68 Å². The molecule has 0 bridgehead atoms. The van der Waals surface area contributed by atoms with Gasteiger partial charge in [0.2, 0.25) is 0 Å². The third kappa shape index (κ3) is 2.94. The lowest BCUT2D eigenvalue weighted by molar-refractivity contribution is 0.104. The zero-order chi connectivity index (χ0) is 17.6. The number of nitrogens with zero attached hydrogens (tertiary/aromatic N) is 5. The first-order valence-electron chi connectivity index (χ1n) is 8.54. The number of halogens is 1. The van der Waals surface area contributed by atoms with Crippen LogP contribution in [0.25, 0.3) is 16.6 Å². The van der Waals surface area contributed by atoms with E-state index < -0.39 is 0 Å². The van der Waals surface area contributed by atoms with E-state index in [1.165, 1.54) is 0 Å². The molecule has 1 fully saturated rings. The van der Waals surface area contributed by atoms with Crippen molar-refractivity contribution in [3.63, 3.8) is 0 Å². The molecule has 0 radical (unpaired) electrons. The van der Waals surface area contributed by atoms with Gasteiger partial charge in [-0.15, -0.1) is 0 Å². The second-order valence-corrected chi connectivity index (χ2v) is 7.31. The van der Waals surface area contributed by atoms with E-state index in [0.29, 0.717) is 5.92 Å². The molecular weight excluding hydrogens is 338 g/mol. The maximum Gasteiger partial charge on any atom is 0.103 e. The number of fused-ring (bicyclic) bond motifs is 1. The fraction of sp³-hybridized carbons (Fsp3) is 0.444. The molecule has 0 saturated carbocycles. The van der Waals surface area contributed by atoms with E-state index in [-0.39, 0.29) is 12.6 Å². The van der Waals surface area contributed by atoms with Crippen molar-refractivity contribution in [2.45, 2.75) is 24.8 Å². The van der Waals surface area contributed by atoms with Gasteiger partial charge in [0.05, 0.1) is 30.7 Å². The van der Waals surface area contributed by atoms with E-state index in [0.717, 1.165) is 46.6 Å². The van der Waals surface area contributed by atoms with Gasteiger partial charge < -0.3 is 10.0 Å². The lowest BCUT2D eigenvalue weighted by Crippen LogP contribution is -2.41. The Hall–Kier alpha value is -1.89. The number of hydrogen-bond donors (Lipinski definition) is 1. The van der Waals surface area contributed by atoms with Crippen LogP contribution in [0.3, 0.4) is 0 Å². The largest absolute Gasteiger partial charge is 0.395 e. The average molecular weight is 360 g/mol. The van der Waals surface area contributed by atoms with Crippen molar-refractivity contribution in [3.05, 3.63) is 41.3 Å². The molecule has 3 heterocycles. The van der Waals surface area contributed by atoms with E-state index in [1.54, 1.807) is 10.9 Å². The van der Waals surface area contributed by atoms with Crippen LogP contribution >= 0.6 is 11.6 Å². The summed E-state index contributed by atoms with van der Waals surface area (Å²) >= 11 is 6.59. The number of aliphatic hydroxyl groups is 1. The third-order valence-corrected chi connectivity index (χ3v) is 5.61. The van der Waals surface area contributed by atoms with Crippen LogP contribution in [0, 0.1) is 0 Å². The summed E-state index contributed by atoms with van der Waals surface area (Å²) in [6.45, 7) is 1.15. The van der Waals surface area contributed by atoms with E-state index in [4.69, 9.17) is 11.6 Å². The summed E-state index contributed by atoms with van der Waals surface area (Å²) in [6.07, 6.45) is 7.54. The van der Waals surface area contributed by atoms with Gasteiger partial charge in [0.1, 0.15) is 5.69 Å². The number of benzene rings is 1. The van der Waals surface area contributed by atoms with Gasteiger partial charge in [-0.2, -0.15) is 10.2 Å². The standard InChI is InChI=1S/C18H22ClN5O/c1-22-4-3-12(5-14(22)11-25)16-7-18-13(6-17(16)19)8-21-24(18)15-9-20-23(2)10-15/h6-10,12,14,25H,3-5,11H2,1-2H3/t12-,14-/m1/s1. The molecule has 0 unspecified atom stereocenters. The maximum atomic E-state index is 9.63. The Morgan fingerprint density at radius 1 is 1.24 bits per heavy atom. The molecule has 1 N–H and O–H groups in total. The van der Waals surface area contributed by atoms with Crippen molar-refractivity contribution >= 4 is 22.5 Å². The molecule has 6 nitrogen and oxygen atoms in total. The molecular formula is C18H22ClN5O. The molecule has 3 aromatic rings. The number of piperidine rings is 1. The topological polar surface area (TPSA) is 59.1 Å². The second kappa shape index (κ2) is 6.44. The third-order valence-electron chi connectivity index (χ3n) is 5.28. The Balaban J connectivity index is 1.75. The molecule has 25 heavy (non-hydrogen) atoms. The summed E-state index contributed by atoms with van der Waals surface area (Å²) in [5, 5.41) is 20.2. The molecule has 0 amide bonds. The zero-order valence-electron chi connectivity index (χ0n) is 14.4. The summed E-state index contributed by atoms with van der Waals surface area (Å²) < 4.78 is 3.67. The monoisotopic (exact) mass is 359 g/mol. The number of aryl methyl sites for hydroxylation is 1. The fourth-order valence-electron chi connectivity index (χ4n) is 3.76. The minimum Gasteiger partial charge on any atom is -0.395 e. The molecule has 7 heteroatoms. The number of likely N-dealkylation sites (N-methyl/N-ethyl adjacent to an activating group) is 1. The van der Waals surface area contributed by atoms with Crippen LogP contribution in [0.2, 0.25) is 5.02 Å². The van der Waals surface area contributed by atoms with Crippen LogP contribution in [-0.2, 0) is 7.05 Å².